The maximum absolute atomic E-state index is 13.4. The van der Waals surface area contributed by atoms with Crippen molar-refractivity contribution in [1.82, 2.24) is 4.90 Å². The van der Waals surface area contributed by atoms with Crippen LogP contribution in [0.3, 0.4) is 0 Å². The Bertz CT molecular complexity index is 1430. The topological polar surface area (TPSA) is 130 Å². The van der Waals surface area contributed by atoms with E-state index in [1.165, 1.54) is 19.2 Å². The highest BCUT2D eigenvalue weighted by atomic mass is 127. The summed E-state index contributed by atoms with van der Waals surface area (Å²) in [6, 6.07) is 10.1. The fourth-order valence-electron chi connectivity index (χ4n) is 5.82. The van der Waals surface area contributed by atoms with Gasteiger partial charge in [-0.05, 0) is 83.7 Å². The van der Waals surface area contributed by atoms with Gasteiger partial charge in [0.1, 0.15) is 13.2 Å². The molecule has 1 aliphatic heterocycles. The number of Topliss-reactive ketones (excluding diaryl/α,β-unsaturated/α-hetero) is 2. The highest BCUT2D eigenvalue weighted by Crippen LogP contribution is 2.50. The van der Waals surface area contributed by atoms with Crippen LogP contribution in [-0.4, -0.2) is 52.3 Å². The lowest BCUT2D eigenvalue weighted by Crippen LogP contribution is -2.41. The number of allylic oxidation sites excluding steroid dienone is 4. The van der Waals surface area contributed by atoms with Crippen molar-refractivity contribution in [3.8, 4) is 11.5 Å². The quantitative estimate of drug-likeness (QED) is 0.374. The molecule has 2 N–H and O–H groups in total. The standard InChI is InChI=1S/C30H28INO8/c1-39-24-13-18(12-19(31)29(24)40-15-16-8-10-17(11-9-16)30(37)38)26-27-20(4-2-6-22(27)33)32(14-25(35)36)21-5-3-7-23(34)28(21)26/h8-13,26H,2-7,14-15H2,1H3,(H,35,36)(H,37,38). The molecule has 0 atom stereocenters. The number of carboxylic acids is 2. The lowest BCUT2D eigenvalue weighted by Gasteiger charge is -2.43. The van der Waals surface area contributed by atoms with E-state index in [0.717, 1.165) is 14.7 Å². The van der Waals surface area contributed by atoms with Crippen LogP contribution in [0.4, 0.5) is 0 Å². The van der Waals surface area contributed by atoms with E-state index < -0.39 is 17.9 Å². The summed E-state index contributed by atoms with van der Waals surface area (Å²) in [6.07, 6.45) is 3.13. The average Bonchev–Trinajstić information content (AvgIpc) is 2.92. The number of hydrogen-bond donors (Lipinski definition) is 2. The van der Waals surface area contributed by atoms with E-state index in [1.807, 2.05) is 6.07 Å². The third-order valence-corrected chi connectivity index (χ3v) is 8.35. The maximum atomic E-state index is 13.4. The zero-order valence-corrected chi connectivity index (χ0v) is 24.0. The van der Waals surface area contributed by atoms with Gasteiger partial charge in [-0.1, -0.05) is 12.1 Å². The molecule has 0 saturated heterocycles. The Kier molecular flexibility index (Phi) is 7.97. The number of carbonyl (C=O) groups excluding carboxylic acids is 2. The van der Waals surface area contributed by atoms with Gasteiger partial charge in [-0.3, -0.25) is 14.4 Å². The molecule has 2 aliphatic carbocycles. The maximum Gasteiger partial charge on any atom is 0.335 e. The molecule has 208 valence electrons. The van der Waals surface area contributed by atoms with Crippen molar-refractivity contribution in [3.63, 3.8) is 0 Å². The van der Waals surface area contributed by atoms with Crippen molar-refractivity contribution in [1.29, 1.82) is 0 Å². The molecule has 0 fully saturated rings. The summed E-state index contributed by atoms with van der Waals surface area (Å²) in [7, 11) is 1.52. The van der Waals surface area contributed by atoms with Gasteiger partial charge in [-0.2, -0.15) is 0 Å². The number of hydrogen-bond acceptors (Lipinski definition) is 7. The second-order valence-corrected chi connectivity index (χ2v) is 11.2. The third-order valence-electron chi connectivity index (χ3n) is 7.55. The van der Waals surface area contributed by atoms with E-state index in [-0.39, 0.29) is 30.3 Å². The van der Waals surface area contributed by atoms with Crippen LogP contribution in [0.1, 0.15) is 65.9 Å². The van der Waals surface area contributed by atoms with Crippen molar-refractivity contribution in [2.75, 3.05) is 13.7 Å². The van der Waals surface area contributed by atoms with Crippen molar-refractivity contribution in [3.05, 3.63) is 79.2 Å². The lowest BCUT2D eigenvalue weighted by molar-refractivity contribution is -0.138. The number of ether oxygens (including phenoxy) is 2. The first-order valence-corrected chi connectivity index (χ1v) is 14.1. The summed E-state index contributed by atoms with van der Waals surface area (Å²) in [5.74, 6) is -1.81. The number of nitrogens with zero attached hydrogens (tertiary/aromatic N) is 1. The SMILES string of the molecule is COc1cc(C2C3=C(CCCC3=O)N(CC(=O)O)C3=C2C(=O)CCC3)cc(I)c1OCc1ccc(C(=O)O)cc1. The molecule has 3 aliphatic rings. The van der Waals surface area contributed by atoms with Gasteiger partial charge in [0.15, 0.2) is 23.1 Å². The molecular weight excluding hydrogens is 629 g/mol. The van der Waals surface area contributed by atoms with E-state index in [2.05, 4.69) is 22.6 Å². The predicted octanol–water partition coefficient (Wildman–Crippen LogP) is 5.08. The van der Waals surface area contributed by atoms with Crippen LogP contribution >= 0.6 is 22.6 Å². The molecular formula is C30H28INO8. The van der Waals surface area contributed by atoms with Gasteiger partial charge in [0.25, 0.3) is 0 Å². The van der Waals surface area contributed by atoms with Crippen LogP contribution in [0.2, 0.25) is 0 Å². The summed E-state index contributed by atoms with van der Waals surface area (Å²) in [4.78, 5) is 51.4. The number of aliphatic carboxylic acids is 1. The van der Waals surface area contributed by atoms with Gasteiger partial charge in [-0.15, -0.1) is 0 Å². The Morgan fingerprint density at radius 2 is 1.55 bits per heavy atom. The average molecular weight is 657 g/mol. The van der Waals surface area contributed by atoms with Crippen molar-refractivity contribution >= 4 is 46.1 Å². The first-order valence-electron chi connectivity index (χ1n) is 13.0. The Hall–Kier alpha value is -3.67. The highest BCUT2D eigenvalue weighted by molar-refractivity contribution is 14.1. The van der Waals surface area contributed by atoms with Crippen molar-refractivity contribution < 1.29 is 38.9 Å². The molecule has 2 aromatic rings. The van der Waals surface area contributed by atoms with Gasteiger partial charge in [0, 0.05) is 41.3 Å². The summed E-state index contributed by atoms with van der Waals surface area (Å²) >= 11 is 2.14. The van der Waals surface area contributed by atoms with Gasteiger partial charge in [0.2, 0.25) is 0 Å². The van der Waals surface area contributed by atoms with Gasteiger partial charge < -0.3 is 24.6 Å². The zero-order valence-electron chi connectivity index (χ0n) is 21.9. The minimum absolute atomic E-state index is 0.0642. The molecule has 0 spiro atoms. The zero-order chi connectivity index (χ0) is 28.6. The molecule has 0 aromatic heterocycles. The number of aromatic carboxylic acids is 1. The minimum atomic E-state index is -1.01. The highest BCUT2D eigenvalue weighted by Gasteiger charge is 2.44. The van der Waals surface area contributed by atoms with Crippen molar-refractivity contribution in [2.45, 2.75) is 51.0 Å². The fourth-order valence-corrected chi connectivity index (χ4v) is 6.60. The van der Waals surface area contributed by atoms with Crippen LogP contribution < -0.4 is 9.47 Å². The van der Waals surface area contributed by atoms with Crippen LogP contribution in [0.15, 0.2) is 58.9 Å². The van der Waals surface area contributed by atoms with Crippen molar-refractivity contribution in [2.24, 2.45) is 0 Å². The first-order chi connectivity index (χ1) is 19.2. The number of ketones is 2. The third kappa shape index (κ3) is 5.24. The molecule has 0 saturated carbocycles. The minimum Gasteiger partial charge on any atom is -0.493 e. The summed E-state index contributed by atoms with van der Waals surface area (Å²) in [5.41, 5.74) is 4.11. The van der Waals surface area contributed by atoms with Crippen LogP contribution in [0.25, 0.3) is 0 Å². The van der Waals surface area contributed by atoms with E-state index in [0.29, 0.717) is 72.6 Å². The molecule has 10 heteroatoms. The lowest BCUT2D eigenvalue weighted by atomic mass is 9.71. The molecule has 0 unspecified atom stereocenters. The van der Waals surface area contributed by atoms with E-state index in [1.54, 1.807) is 23.1 Å². The molecule has 40 heavy (non-hydrogen) atoms. The van der Waals surface area contributed by atoms with E-state index >= 15 is 0 Å². The number of halogens is 1. The second-order valence-electron chi connectivity index (χ2n) is 10.0. The Balaban J connectivity index is 1.56. The summed E-state index contributed by atoms with van der Waals surface area (Å²) in [6.45, 7) is -0.104. The molecule has 0 radical (unpaired) electrons. The normalized spacial score (nSPS) is 17.5. The largest absolute Gasteiger partial charge is 0.493 e. The number of methoxy groups -OCH3 is 1. The number of benzene rings is 2. The second kappa shape index (κ2) is 11.4. The smallest absolute Gasteiger partial charge is 0.335 e. The summed E-state index contributed by atoms with van der Waals surface area (Å²) < 4.78 is 12.5. The molecule has 0 amide bonds. The Morgan fingerprint density at radius 1 is 0.950 bits per heavy atom. The fraction of sp³-hybridized carbons (Fsp3) is 0.333. The predicted molar refractivity (Wildman–Crippen MR) is 152 cm³/mol. The number of carbonyl (C=O) groups is 4. The molecule has 2 aromatic carbocycles. The monoisotopic (exact) mass is 657 g/mol. The molecule has 0 bridgehead atoms. The number of carboxylic acid groups (broad SMARTS) is 2. The van der Waals surface area contributed by atoms with E-state index in [9.17, 15) is 24.3 Å². The van der Waals surface area contributed by atoms with Crippen LogP contribution in [0.5, 0.6) is 11.5 Å². The van der Waals surface area contributed by atoms with Gasteiger partial charge in [0.05, 0.1) is 16.2 Å². The van der Waals surface area contributed by atoms with Gasteiger partial charge in [-0.25, -0.2) is 4.79 Å². The van der Waals surface area contributed by atoms with Crippen LogP contribution in [-0.2, 0) is 21.0 Å². The van der Waals surface area contributed by atoms with Crippen LogP contribution in [0, 0.1) is 3.57 Å². The Morgan fingerprint density at radius 3 is 2.08 bits per heavy atom. The summed E-state index contributed by atoms with van der Waals surface area (Å²) in [5, 5.41) is 18.8. The molecule has 1 heterocycles. The Labute approximate surface area is 244 Å². The van der Waals surface area contributed by atoms with E-state index in [4.69, 9.17) is 14.6 Å². The first kappa shape index (κ1) is 27.9. The molecule has 9 nitrogen and oxygen atoms in total. The van der Waals surface area contributed by atoms with Gasteiger partial charge >= 0.3 is 11.9 Å². The molecule has 5 rings (SSSR count). The number of rotatable bonds is 8.